The Labute approximate surface area is 156 Å². The average molecular weight is 367 g/mol. The molecule has 0 saturated heterocycles. The van der Waals surface area contributed by atoms with Crippen LogP contribution in [0.3, 0.4) is 0 Å². The number of nitrogens with two attached hydrogens (primary N) is 2. The van der Waals surface area contributed by atoms with Gasteiger partial charge in [-0.15, -0.1) is 0 Å². The molecule has 0 spiro atoms. The van der Waals surface area contributed by atoms with Crippen LogP contribution < -0.4 is 21.7 Å². The first-order valence-corrected chi connectivity index (χ1v) is 8.55. The molecule has 8 heteroatoms. The summed E-state index contributed by atoms with van der Waals surface area (Å²) in [5, 5.41) is 0.733. The summed E-state index contributed by atoms with van der Waals surface area (Å²) in [5.74, 6) is 6.19. The Morgan fingerprint density at radius 3 is 2.52 bits per heavy atom. The molecule has 3 aromatic rings. The monoisotopic (exact) mass is 367 g/mol. The van der Waals surface area contributed by atoms with E-state index in [4.69, 9.17) is 21.1 Å². The van der Waals surface area contributed by atoms with Crippen molar-refractivity contribution in [1.82, 2.24) is 9.97 Å². The second-order valence-corrected chi connectivity index (χ2v) is 5.67. The molecule has 5 N–H and O–H groups in total. The zero-order chi connectivity index (χ0) is 19.4. The second-order valence-electron chi connectivity index (χ2n) is 5.67. The van der Waals surface area contributed by atoms with Crippen LogP contribution in [0.15, 0.2) is 36.4 Å². The maximum absolute atomic E-state index is 12.1. The van der Waals surface area contributed by atoms with E-state index < -0.39 is 5.97 Å². The highest BCUT2D eigenvalue weighted by Crippen LogP contribution is 2.31. The van der Waals surface area contributed by atoms with Crippen LogP contribution in [0.25, 0.3) is 22.0 Å². The third-order valence-electron chi connectivity index (χ3n) is 3.96. The Morgan fingerprint density at radius 1 is 1.07 bits per heavy atom. The number of fused-ring (bicyclic) bond motifs is 1. The molecule has 0 radical (unpaired) electrons. The van der Waals surface area contributed by atoms with Crippen LogP contribution in [-0.2, 0) is 4.74 Å². The predicted octanol–water partition coefficient (Wildman–Crippen LogP) is 2.74. The lowest BCUT2D eigenvalue weighted by molar-refractivity contribution is 0.0522. The number of hydrogen-bond acceptors (Lipinski definition) is 8. The Bertz CT molecular complexity index is 990. The minimum atomic E-state index is -0.412. The van der Waals surface area contributed by atoms with Gasteiger partial charge in [-0.3, -0.25) is 0 Å². The highest BCUT2D eigenvalue weighted by atomic mass is 16.5. The van der Waals surface area contributed by atoms with Crippen molar-refractivity contribution in [2.45, 2.75) is 13.8 Å². The summed E-state index contributed by atoms with van der Waals surface area (Å²) in [7, 11) is 0. The minimum Gasteiger partial charge on any atom is -0.493 e. The van der Waals surface area contributed by atoms with Gasteiger partial charge in [0, 0.05) is 5.39 Å². The summed E-state index contributed by atoms with van der Waals surface area (Å²) in [6.07, 6.45) is 0. The number of nitrogens with one attached hydrogen (secondary N) is 1. The van der Waals surface area contributed by atoms with E-state index in [0.717, 1.165) is 16.5 Å². The summed E-state index contributed by atoms with van der Waals surface area (Å²) >= 11 is 0. The van der Waals surface area contributed by atoms with E-state index >= 15 is 0 Å². The largest absolute Gasteiger partial charge is 0.493 e. The topological polar surface area (TPSA) is 125 Å². The molecule has 0 fully saturated rings. The lowest BCUT2D eigenvalue weighted by Crippen LogP contribution is -2.11. The zero-order valence-electron chi connectivity index (χ0n) is 15.2. The Morgan fingerprint density at radius 2 is 1.81 bits per heavy atom. The van der Waals surface area contributed by atoms with E-state index in [1.54, 1.807) is 13.0 Å². The van der Waals surface area contributed by atoms with Crippen molar-refractivity contribution >= 4 is 28.6 Å². The predicted molar refractivity (Wildman–Crippen MR) is 104 cm³/mol. The highest BCUT2D eigenvalue weighted by Gasteiger charge is 2.15. The molecule has 0 atom stereocenters. The van der Waals surface area contributed by atoms with Gasteiger partial charge in [-0.2, -0.15) is 4.98 Å². The molecule has 0 unspecified atom stereocenters. The van der Waals surface area contributed by atoms with E-state index in [2.05, 4.69) is 15.4 Å². The van der Waals surface area contributed by atoms with Gasteiger partial charge >= 0.3 is 5.97 Å². The van der Waals surface area contributed by atoms with Gasteiger partial charge in [0.25, 0.3) is 0 Å². The van der Waals surface area contributed by atoms with Crippen LogP contribution in [0.4, 0.5) is 11.8 Å². The number of nitrogen functional groups attached to an aromatic ring is 2. The van der Waals surface area contributed by atoms with Gasteiger partial charge in [0.2, 0.25) is 5.95 Å². The first-order valence-electron chi connectivity index (χ1n) is 8.55. The lowest BCUT2D eigenvalue weighted by Gasteiger charge is -2.12. The van der Waals surface area contributed by atoms with Crippen molar-refractivity contribution in [2.75, 3.05) is 24.4 Å². The lowest BCUT2D eigenvalue weighted by atomic mass is 10.0. The van der Waals surface area contributed by atoms with E-state index in [9.17, 15) is 4.79 Å². The molecule has 1 heterocycles. The maximum atomic E-state index is 12.1. The van der Waals surface area contributed by atoms with E-state index in [0.29, 0.717) is 35.9 Å². The van der Waals surface area contributed by atoms with Crippen LogP contribution in [0.5, 0.6) is 5.75 Å². The number of nitrogens with zero attached hydrogens (tertiary/aromatic N) is 2. The van der Waals surface area contributed by atoms with Crippen LogP contribution in [0.2, 0.25) is 0 Å². The van der Waals surface area contributed by atoms with Crippen LogP contribution in [-0.4, -0.2) is 29.2 Å². The fraction of sp³-hybridized carbons (Fsp3) is 0.211. The molecule has 8 nitrogen and oxygen atoms in total. The summed E-state index contributed by atoms with van der Waals surface area (Å²) in [6.45, 7) is 4.36. The summed E-state index contributed by atoms with van der Waals surface area (Å²) in [6, 6.07) is 11.0. The maximum Gasteiger partial charge on any atom is 0.341 e. The number of ether oxygens (including phenoxy) is 2. The molecule has 0 aliphatic carbocycles. The molecule has 0 aliphatic rings. The number of carbonyl (C=O) groups excluding carboxylic acids is 1. The quantitative estimate of drug-likeness (QED) is 0.345. The van der Waals surface area contributed by atoms with Gasteiger partial charge < -0.3 is 20.6 Å². The van der Waals surface area contributed by atoms with Crippen molar-refractivity contribution in [3.63, 3.8) is 0 Å². The highest BCUT2D eigenvalue weighted by molar-refractivity contribution is 5.95. The number of aromatic nitrogens is 2. The first kappa shape index (κ1) is 18.4. The van der Waals surface area contributed by atoms with Gasteiger partial charge in [0.15, 0.2) is 5.82 Å². The molecule has 140 valence electrons. The fourth-order valence-electron chi connectivity index (χ4n) is 2.79. The van der Waals surface area contributed by atoms with Gasteiger partial charge in [0.1, 0.15) is 11.3 Å². The number of carbonyl (C=O) groups is 1. The summed E-state index contributed by atoms with van der Waals surface area (Å²) < 4.78 is 10.7. The fourth-order valence-corrected chi connectivity index (χ4v) is 2.79. The molecule has 0 aliphatic heterocycles. The Balaban J connectivity index is 2.09. The smallest absolute Gasteiger partial charge is 0.341 e. The first-order chi connectivity index (χ1) is 13.1. The summed E-state index contributed by atoms with van der Waals surface area (Å²) in [5.41, 5.74) is 11.1. The Hall–Kier alpha value is -3.39. The van der Waals surface area contributed by atoms with Crippen molar-refractivity contribution < 1.29 is 14.3 Å². The third kappa shape index (κ3) is 3.75. The van der Waals surface area contributed by atoms with Crippen molar-refractivity contribution in [2.24, 2.45) is 5.84 Å². The standard InChI is InChI=1S/C19H21N5O3/c1-3-26-16-10-12(5-7-13(16)18(25)27-4-2)11-6-8-15-14(9-11)17(24-21)23-19(20)22-15/h5-10H,3-4,21H2,1-2H3,(H3,20,22,23,24). The SMILES string of the molecule is CCOC(=O)c1ccc(-c2ccc3nc(N)nc(NN)c3c2)cc1OCC. The van der Waals surface area contributed by atoms with Crippen molar-refractivity contribution in [3.05, 3.63) is 42.0 Å². The minimum absolute atomic E-state index is 0.139. The molecule has 3 rings (SSSR count). The molecule has 1 aromatic heterocycles. The molecule has 0 amide bonds. The van der Waals surface area contributed by atoms with Gasteiger partial charge in [-0.05, 0) is 49.2 Å². The second kappa shape index (κ2) is 7.88. The molecule has 27 heavy (non-hydrogen) atoms. The van der Waals surface area contributed by atoms with Gasteiger partial charge in [-0.1, -0.05) is 12.1 Å². The molecule has 0 bridgehead atoms. The van der Waals surface area contributed by atoms with E-state index in [1.807, 2.05) is 37.3 Å². The van der Waals surface area contributed by atoms with Crippen molar-refractivity contribution in [1.29, 1.82) is 0 Å². The number of hydrogen-bond donors (Lipinski definition) is 3. The normalized spacial score (nSPS) is 10.6. The molecule has 2 aromatic carbocycles. The number of rotatable bonds is 6. The van der Waals surface area contributed by atoms with Crippen molar-refractivity contribution in [3.8, 4) is 16.9 Å². The van der Waals surface area contributed by atoms with Crippen LogP contribution in [0.1, 0.15) is 24.2 Å². The molecule has 0 saturated carbocycles. The van der Waals surface area contributed by atoms with Gasteiger partial charge in [0.05, 0.1) is 18.7 Å². The summed E-state index contributed by atoms with van der Waals surface area (Å²) in [4.78, 5) is 20.4. The van der Waals surface area contributed by atoms with Crippen LogP contribution >= 0.6 is 0 Å². The molecular weight excluding hydrogens is 346 g/mol. The number of anilines is 2. The van der Waals surface area contributed by atoms with Crippen LogP contribution in [0, 0.1) is 0 Å². The Kier molecular flexibility index (Phi) is 5.37. The van der Waals surface area contributed by atoms with E-state index in [1.165, 1.54) is 0 Å². The zero-order valence-corrected chi connectivity index (χ0v) is 15.2. The molecular formula is C19H21N5O3. The van der Waals surface area contributed by atoms with Gasteiger partial charge in [-0.25, -0.2) is 15.6 Å². The number of esters is 1. The average Bonchev–Trinajstić information content (AvgIpc) is 2.67. The van der Waals surface area contributed by atoms with E-state index in [-0.39, 0.29) is 5.95 Å². The number of hydrazine groups is 1. The third-order valence-corrected chi connectivity index (χ3v) is 3.96. The number of benzene rings is 2.